The maximum atomic E-state index is 11.0. The normalized spacial score (nSPS) is 13.6. The van der Waals surface area contributed by atoms with Gasteiger partial charge < -0.3 is 19.9 Å². The number of esters is 1. The highest BCUT2D eigenvalue weighted by molar-refractivity contribution is 5.87. The highest BCUT2D eigenvalue weighted by Gasteiger charge is 2.03. The highest BCUT2D eigenvalue weighted by Crippen LogP contribution is 1.94. The Balaban J connectivity index is 3.56. The summed E-state index contributed by atoms with van der Waals surface area (Å²) in [4.78, 5) is 11.0. The van der Waals surface area contributed by atoms with Gasteiger partial charge in [-0.3, -0.25) is 0 Å². The van der Waals surface area contributed by atoms with Gasteiger partial charge in [0.1, 0.15) is 0 Å². The number of ether oxygens (including phenoxy) is 2. The zero-order chi connectivity index (χ0) is 12.4. The van der Waals surface area contributed by atoms with E-state index in [1.807, 2.05) is 0 Å². The quantitative estimate of drug-likeness (QED) is 0.352. The molecule has 0 amide bonds. The van der Waals surface area contributed by atoms with E-state index in [0.717, 1.165) is 0 Å². The molecule has 1 atom stereocenters. The summed E-state index contributed by atoms with van der Waals surface area (Å²) in [5, 5.41) is 12.4. The minimum Gasteiger partial charge on any atom is -0.466 e. The number of nitrogens with one attached hydrogen (secondary N) is 1. The number of methoxy groups -OCH3 is 2. The lowest BCUT2D eigenvalue weighted by Crippen LogP contribution is -2.23. The fourth-order valence-corrected chi connectivity index (χ4v) is 1.12. The fraction of sp³-hybridized carbons (Fsp3) is 0.727. The first-order valence-electron chi connectivity index (χ1n) is 5.24. The summed E-state index contributed by atoms with van der Waals surface area (Å²) in [6.45, 7) is 3.31. The molecule has 0 bridgehead atoms. The van der Waals surface area contributed by atoms with Crippen LogP contribution in [-0.4, -0.2) is 51.1 Å². The molecule has 2 N–H and O–H groups in total. The van der Waals surface area contributed by atoms with E-state index in [0.29, 0.717) is 31.7 Å². The average molecular weight is 231 g/mol. The molecule has 0 aromatic carbocycles. The summed E-state index contributed by atoms with van der Waals surface area (Å²) >= 11 is 0. The van der Waals surface area contributed by atoms with Crippen molar-refractivity contribution in [3.63, 3.8) is 0 Å². The summed E-state index contributed by atoms with van der Waals surface area (Å²) in [6, 6.07) is 0. The van der Waals surface area contributed by atoms with Gasteiger partial charge in [0.05, 0.1) is 19.8 Å². The van der Waals surface area contributed by atoms with Gasteiger partial charge in [0, 0.05) is 19.2 Å². The Morgan fingerprint density at radius 1 is 1.50 bits per heavy atom. The van der Waals surface area contributed by atoms with Crippen LogP contribution in [0.5, 0.6) is 0 Å². The molecule has 0 heterocycles. The molecular formula is C11H21NO4. The molecule has 1 unspecified atom stereocenters. The Labute approximate surface area is 96.4 Å². The molecule has 0 rings (SSSR count). The summed E-state index contributed by atoms with van der Waals surface area (Å²) < 4.78 is 9.34. The summed E-state index contributed by atoms with van der Waals surface area (Å²) in [7, 11) is 2.91. The summed E-state index contributed by atoms with van der Waals surface area (Å²) in [5.74, 6) is -0.318. The van der Waals surface area contributed by atoms with Crippen LogP contribution in [-0.2, 0) is 14.3 Å². The van der Waals surface area contributed by atoms with Crippen molar-refractivity contribution in [2.24, 2.45) is 0 Å². The predicted molar refractivity (Wildman–Crippen MR) is 61.1 cm³/mol. The molecule has 0 radical (unpaired) electrons. The van der Waals surface area contributed by atoms with Crippen LogP contribution in [0, 0.1) is 0 Å². The molecule has 94 valence electrons. The van der Waals surface area contributed by atoms with Gasteiger partial charge in [0.15, 0.2) is 0 Å². The molecule has 0 spiro atoms. The maximum Gasteiger partial charge on any atom is 0.333 e. The standard InChI is InChI=1S/C11H21NO4/c1-9(11(14)16-3)4-6-12-7-5-10(13)8-15-2/h4,10,12-13H,5-8H2,1-3H3/b9-4-. The van der Waals surface area contributed by atoms with Crippen LogP contribution >= 0.6 is 0 Å². The summed E-state index contributed by atoms with van der Waals surface area (Å²) in [5.41, 5.74) is 0.576. The molecule has 0 fully saturated rings. The first kappa shape index (κ1) is 15.1. The van der Waals surface area contributed by atoms with Crippen molar-refractivity contribution in [1.82, 2.24) is 5.32 Å². The number of rotatable bonds is 8. The lowest BCUT2D eigenvalue weighted by Gasteiger charge is -2.09. The Hall–Kier alpha value is -0.910. The molecule has 0 aromatic heterocycles. The van der Waals surface area contributed by atoms with Crippen molar-refractivity contribution < 1.29 is 19.4 Å². The van der Waals surface area contributed by atoms with Crippen molar-refractivity contribution in [2.45, 2.75) is 19.4 Å². The number of aliphatic hydroxyl groups is 1. The molecule has 5 heteroatoms. The van der Waals surface area contributed by atoms with Gasteiger partial charge in [0.2, 0.25) is 0 Å². The van der Waals surface area contributed by atoms with E-state index >= 15 is 0 Å². The van der Waals surface area contributed by atoms with E-state index < -0.39 is 6.10 Å². The Bertz CT molecular complexity index is 228. The molecular weight excluding hydrogens is 210 g/mol. The molecule has 0 aliphatic heterocycles. The van der Waals surface area contributed by atoms with Crippen molar-refractivity contribution in [3.05, 3.63) is 11.6 Å². The first-order chi connectivity index (χ1) is 7.61. The van der Waals surface area contributed by atoms with E-state index in [1.54, 1.807) is 20.1 Å². The lowest BCUT2D eigenvalue weighted by atomic mass is 10.2. The van der Waals surface area contributed by atoms with Crippen LogP contribution in [0.25, 0.3) is 0 Å². The molecule has 0 saturated heterocycles. The second-order valence-electron chi connectivity index (χ2n) is 3.48. The SMILES string of the molecule is COCC(O)CCNC/C=C(/C)C(=O)OC. The van der Waals surface area contributed by atoms with Crippen LogP contribution in [0.2, 0.25) is 0 Å². The van der Waals surface area contributed by atoms with Gasteiger partial charge in [0.25, 0.3) is 0 Å². The number of aliphatic hydroxyl groups excluding tert-OH is 1. The Kier molecular flexibility index (Phi) is 8.80. The Morgan fingerprint density at radius 2 is 2.19 bits per heavy atom. The molecule has 0 aromatic rings. The van der Waals surface area contributed by atoms with Gasteiger partial charge in [-0.15, -0.1) is 0 Å². The monoisotopic (exact) mass is 231 g/mol. The van der Waals surface area contributed by atoms with Crippen LogP contribution in [0.3, 0.4) is 0 Å². The number of hydrogen-bond donors (Lipinski definition) is 2. The van der Waals surface area contributed by atoms with Crippen molar-refractivity contribution in [3.8, 4) is 0 Å². The smallest absolute Gasteiger partial charge is 0.333 e. The molecule has 0 aliphatic rings. The average Bonchev–Trinajstić information content (AvgIpc) is 2.27. The zero-order valence-corrected chi connectivity index (χ0v) is 10.2. The van der Waals surface area contributed by atoms with E-state index in [4.69, 9.17) is 4.74 Å². The number of carbonyl (C=O) groups is 1. The Morgan fingerprint density at radius 3 is 2.75 bits per heavy atom. The molecule has 0 aliphatic carbocycles. The highest BCUT2D eigenvalue weighted by atomic mass is 16.5. The van der Waals surface area contributed by atoms with Crippen molar-refractivity contribution >= 4 is 5.97 Å². The van der Waals surface area contributed by atoms with Crippen LogP contribution in [0.1, 0.15) is 13.3 Å². The van der Waals surface area contributed by atoms with E-state index in [2.05, 4.69) is 10.1 Å². The van der Waals surface area contributed by atoms with Gasteiger partial charge in [-0.1, -0.05) is 6.08 Å². The van der Waals surface area contributed by atoms with Gasteiger partial charge >= 0.3 is 5.97 Å². The van der Waals surface area contributed by atoms with Crippen molar-refractivity contribution in [2.75, 3.05) is 33.9 Å². The van der Waals surface area contributed by atoms with Crippen LogP contribution in [0.4, 0.5) is 0 Å². The number of hydrogen-bond acceptors (Lipinski definition) is 5. The van der Waals surface area contributed by atoms with E-state index in [-0.39, 0.29) is 5.97 Å². The van der Waals surface area contributed by atoms with Crippen LogP contribution < -0.4 is 5.32 Å². The van der Waals surface area contributed by atoms with Crippen LogP contribution in [0.15, 0.2) is 11.6 Å². The van der Waals surface area contributed by atoms with E-state index in [9.17, 15) is 9.90 Å². The number of carbonyl (C=O) groups excluding carboxylic acids is 1. The minimum absolute atomic E-state index is 0.318. The van der Waals surface area contributed by atoms with Crippen molar-refractivity contribution in [1.29, 1.82) is 0 Å². The lowest BCUT2D eigenvalue weighted by molar-refractivity contribution is -0.136. The second-order valence-corrected chi connectivity index (χ2v) is 3.48. The largest absolute Gasteiger partial charge is 0.466 e. The third-order valence-corrected chi connectivity index (χ3v) is 2.07. The third-order valence-electron chi connectivity index (χ3n) is 2.07. The molecule has 16 heavy (non-hydrogen) atoms. The first-order valence-corrected chi connectivity index (χ1v) is 5.24. The maximum absolute atomic E-state index is 11.0. The second kappa shape index (κ2) is 9.33. The fourth-order valence-electron chi connectivity index (χ4n) is 1.12. The molecule has 0 saturated carbocycles. The van der Waals surface area contributed by atoms with Gasteiger partial charge in [-0.2, -0.15) is 0 Å². The predicted octanol–water partition coefficient (Wildman–Crippen LogP) is 0.0927. The summed E-state index contributed by atoms with van der Waals surface area (Å²) in [6.07, 6.45) is 1.94. The minimum atomic E-state index is -0.441. The van der Waals surface area contributed by atoms with E-state index in [1.165, 1.54) is 7.11 Å². The molecule has 5 nitrogen and oxygen atoms in total. The topological polar surface area (TPSA) is 67.8 Å². The third kappa shape index (κ3) is 7.39. The zero-order valence-electron chi connectivity index (χ0n) is 10.2. The van der Waals surface area contributed by atoms with Gasteiger partial charge in [-0.05, 0) is 19.9 Å². The van der Waals surface area contributed by atoms with Gasteiger partial charge in [-0.25, -0.2) is 4.79 Å².